The fraction of sp³-hybridized carbons (Fsp3) is 0.552. The van der Waals surface area contributed by atoms with Crippen molar-refractivity contribution < 1.29 is 28.6 Å². The predicted octanol–water partition coefficient (Wildman–Crippen LogP) is 4.87. The molecule has 0 radical (unpaired) electrons. The molecule has 0 saturated carbocycles. The molecule has 2 amide bonds. The lowest BCUT2D eigenvalue weighted by molar-refractivity contribution is -0.132. The van der Waals surface area contributed by atoms with E-state index in [2.05, 4.69) is 10.2 Å². The van der Waals surface area contributed by atoms with E-state index in [-0.39, 0.29) is 36.2 Å². The highest BCUT2D eigenvalue weighted by Gasteiger charge is 2.56. The van der Waals surface area contributed by atoms with Crippen LogP contribution in [0.25, 0.3) is 0 Å². The Kier molecular flexibility index (Phi) is 7.70. The molecule has 0 spiro atoms. The Hall–Kier alpha value is -3.20. The lowest BCUT2D eigenvalue weighted by atomic mass is 9.77. The summed E-state index contributed by atoms with van der Waals surface area (Å²) in [6.07, 6.45) is 3.49. The fourth-order valence-electron chi connectivity index (χ4n) is 5.87. The second-order valence-electron chi connectivity index (χ2n) is 11.6. The number of benzene rings is 1. The Balaban J connectivity index is 1.58. The van der Waals surface area contributed by atoms with E-state index in [1.165, 1.54) is 11.0 Å². The maximum atomic E-state index is 15.1. The van der Waals surface area contributed by atoms with Crippen molar-refractivity contribution in [1.29, 1.82) is 0 Å². The summed E-state index contributed by atoms with van der Waals surface area (Å²) in [7, 11) is 0. The molecule has 2 heterocycles. The number of rotatable bonds is 6. The topological polar surface area (TPSA) is 99.2 Å². The highest BCUT2D eigenvalue weighted by Crippen LogP contribution is 2.46. The van der Waals surface area contributed by atoms with Gasteiger partial charge in [0.1, 0.15) is 17.0 Å². The summed E-state index contributed by atoms with van der Waals surface area (Å²) in [6, 6.07) is 6.92. The molecule has 38 heavy (non-hydrogen) atoms. The number of hydrogen-bond acceptors (Lipinski definition) is 5. The molecule has 3 atom stereocenters. The maximum absolute atomic E-state index is 15.1. The second kappa shape index (κ2) is 10.5. The van der Waals surface area contributed by atoms with Gasteiger partial charge in [-0.05, 0) is 90.1 Å². The first-order chi connectivity index (χ1) is 17.8. The first-order valence-corrected chi connectivity index (χ1v) is 13.3. The van der Waals surface area contributed by atoms with Crippen LogP contribution in [0, 0.1) is 11.8 Å². The number of piperidine rings is 1. The Morgan fingerprint density at radius 3 is 2.55 bits per heavy atom. The van der Waals surface area contributed by atoms with Gasteiger partial charge in [-0.1, -0.05) is 12.1 Å². The number of halogens is 1. The Morgan fingerprint density at radius 2 is 1.95 bits per heavy atom. The maximum Gasteiger partial charge on any atom is 0.414 e. The number of likely N-dealkylation sites (tertiary alicyclic amines) is 1. The molecule has 2 aliphatic heterocycles. The number of allylic oxidation sites excluding steroid dienone is 2. The number of carboxylic acids is 1. The van der Waals surface area contributed by atoms with Gasteiger partial charge in [-0.15, -0.1) is 0 Å². The number of carbonyl (C=O) groups excluding carboxylic acids is 2. The number of ether oxygens (including phenoxy) is 1. The van der Waals surface area contributed by atoms with Crippen molar-refractivity contribution in [3.8, 4) is 0 Å². The van der Waals surface area contributed by atoms with E-state index in [1.807, 2.05) is 19.1 Å². The monoisotopic (exact) mass is 527 g/mol. The van der Waals surface area contributed by atoms with Crippen molar-refractivity contribution in [2.24, 2.45) is 11.8 Å². The lowest BCUT2D eigenvalue weighted by Crippen LogP contribution is -2.58. The predicted molar refractivity (Wildman–Crippen MR) is 141 cm³/mol. The van der Waals surface area contributed by atoms with Crippen molar-refractivity contribution in [3.63, 3.8) is 0 Å². The summed E-state index contributed by atoms with van der Waals surface area (Å²) in [5.41, 5.74) is 0.539. The number of carbonyl (C=O) groups is 3. The van der Waals surface area contributed by atoms with E-state index in [0.29, 0.717) is 24.5 Å². The molecule has 1 aromatic carbocycles. The molecule has 4 rings (SSSR count). The first kappa shape index (κ1) is 27.8. The molecule has 3 aliphatic rings. The van der Waals surface area contributed by atoms with Crippen LogP contribution in [0.5, 0.6) is 0 Å². The van der Waals surface area contributed by atoms with Gasteiger partial charge >= 0.3 is 12.1 Å². The lowest BCUT2D eigenvalue weighted by Gasteiger charge is -2.45. The van der Waals surface area contributed by atoms with E-state index < -0.39 is 29.1 Å². The number of hydrogen-bond donors (Lipinski definition) is 2. The number of nitrogens with zero attached hydrogens (tertiary/aromatic N) is 2. The zero-order valence-corrected chi connectivity index (χ0v) is 22.8. The van der Waals surface area contributed by atoms with Gasteiger partial charge in [0.05, 0.1) is 11.3 Å². The minimum absolute atomic E-state index is 0.0811. The molecule has 2 fully saturated rings. The summed E-state index contributed by atoms with van der Waals surface area (Å²) < 4.78 is 20.7. The molecule has 0 aromatic heterocycles. The van der Waals surface area contributed by atoms with Crippen molar-refractivity contribution >= 4 is 18.0 Å². The van der Waals surface area contributed by atoms with Gasteiger partial charge in [0.25, 0.3) is 0 Å². The van der Waals surface area contributed by atoms with E-state index in [4.69, 9.17) is 9.84 Å². The molecule has 8 nitrogen and oxygen atoms in total. The van der Waals surface area contributed by atoms with Crippen LogP contribution in [0.15, 0.2) is 47.6 Å². The van der Waals surface area contributed by atoms with Crippen molar-refractivity contribution in [1.82, 2.24) is 15.1 Å². The van der Waals surface area contributed by atoms with Crippen molar-refractivity contribution in [2.45, 2.75) is 71.4 Å². The molecular formula is C29H38FN3O5. The quantitative estimate of drug-likeness (QED) is 0.548. The van der Waals surface area contributed by atoms with Gasteiger partial charge in [0.2, 0.25) is 5.91 Å². The largest absolute Gasteiger partial charge is 0.478 e. The van der Waals surface area contributed by atoms with E-state index in [9.17, 15) is 14.4 Å². The molecule has 2 unspecified atom stereocenters. The Morgan fingerprint density at radius 1 is 1.26 bits per heavy atom. The number of fused-ring (bicyclic) bond motifs is 1. The summed E-state index contributed by atoms with van der Waals surface area (Å²) in [6.45, 7) is 10.6. The van der Waals surface area contributed by atoms with Crippen molar-refractivity contribution in [3.05, 3.63) is 58.7 Å². The average Bonchev–Trinajstić information content (AvgIpc) is 3.10. The standard InChI is InChI=1S/C29H38FN3O5/c1-6-33(27(37)38-28(2,3)4)23-16-21(30)15-22-24(23)31-26(36)29(22,5)32-13-7-8-19(17-32)14-18-9-11-20(12-10-18)25(34)35/h9-12,16,19,22H,6-8,13-15,17H2,1-5H3,(H,31,36)(H,34,35)/t19-,22?,29?/m0/s1. The van der Waals surface area contributed by atoms with Crippen LogP contribution >= 0.6 is 0 Å². The number of nitrogens with one attached hydrogen (secondary N) is 1. The number of amides is 2. The van der Waals surface area contributed by atoms with Gasteiger partial charge in [-0.2, -0.15) is 0 Å². The third kappa shape index (κ3) is 5.48. The minimum Gasteiger partial charge on any atom is -0.478 e. The van der Waals surface area contributed by atoms with E-state index in [1.54, 1.807) is 39.8 Å². The molecule has 9 heteroatoms. The third-order valence-corrected chi connectivity index (χ3v) is 7.83. The van der Waals surface area contributed by atoms with Crippen LogP contribution in [-0.4, -0.2) is 63.7 Å². The summed E-state index contributed by atoms with van der Waals surface area (Å²) in [5.74, 6) is -1.70. The highest BCUT2D eigenvalue weighted by atomic mass is 19.1. The number of aromatic carboxylic acids is 1. The van der Waals surface area contributed by atoms with E-state index >= 15 is 4.39 Å². The van der Waals surface area contributed by atoms with Crippen LogP contribution in [-0.2, 0) is 16.0 Å². The highest BCUT2D eigenvalue weighted by molar-refractivity contribution is 5.92. The average molecular weight is 528 g/mol. The van der Waals surface area contributed by atoms with Crippen LogP contribution in [0.3, 0.4) is 0 Å². The van der Waals surface area contributed by atoms with Crippen LogP contribution in [0.4, 0.5) is 9.18 Å². The molecule has 1 aromatic rings. The molecule has 0 bridgehead atoms. The Bertz CT molecular complexity index is 1170. The van der Waals surface area contributed by atoms with Crippen LogP contribution in [0.2, 0.25) is 0 Å². The zero-order chi connectivity index (χ0) is 27.8. The fourth-order valence-corrected chi connectivity index (χ4v) is 5.87. The number of likely N-dealkylation sites (N-methyl/N-ethyl adjacent to an activating group) is 1. The minimum atomic E-state index is -0.967. The molecule has 2 N–H and O–H groups in total. The number of carboxylic acid groups (broad SMARTS) is 1. The summed E-state index contributed by atoms with van der Waals surface area (Å²) >= 11 is 0. The first-order valence-electron chi connectivity index (χ1n) is 13.3. The van der Waals surface area contributed by atoms with E-state index in [0.717, 1.165) is 24.8 Å². The smallest absolute Gasteiger partial charge is 0.414 e. The molecule has 1 aliphatic carbocycles. The summed E-state index contributed by atoms with van der Waals surface area (Å²) in [4.78, 5) is 41.3. The van der Waals surface area contributed by atoms with Gasteiger partial charge in [0.15, 0.2) is 0 Å². The normalized spacial score (nSPS) is 25.9. The third-order valence-electron chi connectivity index (χ3n) is 7.83. The molecule has 2 saturated heterocycles. The zero-order valence-electron chi connectivity index (χ0n) is 22.8. The molecular weight excluding hydrogens is 489 g/mol. The van der Waals surface area contributed by atoms with Gasteiger partial charge in [-0.25, -0.2) is 14.0 Å². The van der Waals surface area contributed by atoms with Gasteiger partial charge in [-0.3, -0.25) is 14.6 Å². The van der Waals surface area contributed by atoms with Crippen molar-refractivity contribution in [2.75, 3.05) is 19.6 Å². The summed E-state index contributed by atoms with van der Waals surface area (Å²) in [5, 5.41) is 12.2. The van der Waals surface area contributed by atoms with Gasteiger partial charge < -0.3 is 15.2 Å². The van der Waals surface area contributed by atoms with Crippen LogP contribution < -0.4 is 5.32 Å². The van der Waals surface area contributed by atoms with Crippen LogP contribution in [0.1, 0.15) is 69.8 Å². The Labute approximate surface area is 223 Å². The van der Waals surface area contributed by atoms with Gasteiger partial charge in [0, 0.05) is 31.1 Å². The SMILES string of the molecule is CCN(C(=O)OC(C)(C)C)C1=C2NC(=O)C(C)(N3CCC[C@@H](Cc4ccc(C(=O)O)cc4)C3)C2CC(F)=C1. The second-order valence-corrected chi connectivity index (χ2v) is 11.6. The molecule has 206 valence electrons.